The topological polar surface area (TPSA) is 53.9 Å². The molecule has 1 aliphatic heterocycles. The lowest BCUT2D eigenvalue weighted by Gasteiger charge is -2.23. The number of nitrogens with one attached hydrogen (secondary N) is 1. The molecule has 2 aromatic carbocycles. The number of anilines is 3. The van der Waals surface area contributed by atoms with Crippen molar-refractivity contribution in [1.82, 2.24) is 15.2 Å². The van der Waals surface area contributed by atoms with E-state index in [1.165, 1.54) is 11.6 Å². The van der Waals surface area contributed by atoms with Crippen LogP contribution in [-0.2, 0) is 12.8 Å². The molecule has 1 aliphatic rings. The van der Waals surface area contributed by atoms with E-state index in [2.05, 4.69) is 50.5 Å². The molecule has 3 aromatic rings. The second kappa shape index (κ2) is 7.07. The molecule has 1 N–H and O–H groups in total. The number of rotatable bonds is 5. The van der Waals surface area contributed by atoms with Crippen LogP contribution in [0.25, 0.3) is 0 Å². The van der Waals surface area contributed by atoms with E-state index in [1.54, 1.807) is 18.3 Å². The van der Waals surface area contributed by atoms with Gasteiger partial charge in [-0.1, -0.05) is 36.4 Å². The fraction of sp³-hybridized carbons (Fsp3) is 0.250. The summed E-state index contributed by atoms with van der Waals surface area (Å²) in [6.07, 6.45) is 3.22. The van der Waals surface area contributed by atoms with Gasteiger partial charge in [0.05, 0.1) is 6.20 Å². The number of hydrogen-bond acceptors (Lipinski definition) is 5. The minimum atomic E-state index is -0.190. The monoisotopic (exact) mass is 349 g/mol. The number of halogens is 1. The van der Waals surface area contributed by atoms with E-state index in [4.69, 9.17) is 0 Å². The van der Waals surface area contributed by atoms with Crippen molar-refractivity contribution in [3.63, 3.8) is 0 Å². The van der Waals surface area contributed by atoms with E-state index < -0.39 is 0 Å². The third kappa shape index (κ3) is 3.22. The summed E-state index contributed by atoms with van der Waals surface area (Å²) >= 11 is 0. The van der Waals surface area contributed by atoms with Gasteiger partial charge < -0.3 is 10.2 Å². The SMILES string of the molecule is CC1Cc2ccccc2N1c1cnnc(NCCc2ccccc2F)n1. The normalized spacial score (nSPS) is 15.8. The van der Waals surface area contributed by atoms with Gasteiger partial charge in [0.1, 0.15) is 5.82 Å². The molecule has 132 valence electrons. The summed E-state index contributed by atoms with van der Waals surface area (Å²) in [5.41, 5.74) is 3.15. The molecule has 5 nitrogen and oxygen atoms in total. The lowest BCUT2D eigenvalue weighted by atomic mass is 10.1. The summed E-state index contributed by atoms with van der Waals surface area (Å²) in [6.45, 7) is 2.71. The van der Waals surface area contributed by atoms with E-state index >= 15 is 0 Å². The van der Waals surface area contributed by atoms with Crippen LogP contribution in [0.2, 0.25) is 0 Å². The minimum absolute atomic E-state index is 0.190. The summed E-state index contributed by atoms with van der Waals surface area (Å²) in [7, 11) is 0. The number of benzene rings is 2. The van der Waals surface area contributed by atoms with Crippen LogP contribution in [0.3, 0.4) is 0 Å². The zero-order valence-corrected chi connectivity index (χ0v) is 14.6. The van der Waals surface area contributed by atoms with Gasteiger partial charge in [0.2, 0.25) is 5.95 Å². The summed E-state index contributed by atoms with van der Waals surface area (Å²) in [5, 5.41) is 11.3. The second-order valence-electron chi connectivity index (χ2n) is 6.46. The van der Waals surface area contributed by atoms with Crippen LogP contribution >= 0.6 is 0 Å². The zero-order valence-electron chi connectivity index (χ0n) is 14.6. The van der Waals surface area contributed by atoms with Gasteiger partial charge in [-0.25, -0.2) is 4.39 Å². The molecule has 0 fully saturated rings. The molecule has 26 heavy (non-hydrogen) atoms. The van der Waals surface area contributed by atoms with Gasteiger partial charge >= 0.3 is 0 Å². The maximum atomic E-state index is 13.7. The van der Waals surface area contributed by atoms with Crippen molar-refractivity contribution in [2.45, 2.75) is 25.8 Å². The molecular formula is C20H20FN5. The van der Waals surface area contributed by atoms with Crippen LogP contribution in [-0.4, -0.2) is 27.8 Å². The van der Waals surface area contributed by atoms with Crippen LogP contribution in [0.4, 0.5) is 21.8 Å². The quantitative estimate of drug-likeness (QED) is 0.760. The standard InChI is InChI=1S/C20H20FN5/c1-14-12-16-7-3-5-9-18(16)26(14)19-13-23-25-20(24-19)22-11-10-15-6-2-4-8-17(15)21/h2-9,13-14H,10-12H2,1H3,(H,22,24,25). The molecule has 2 heterocycles. The Morgan fingerprint density at radius 3 is 2.85 bits per heavy atom. The van der Waals surface area contributed by atoms with Crippen molar-refractivity contribution >= 4 is 17.5 Å². The van der Waals surface area contributed by atoms with Crippen molar-refractivity contribution < 1.29 is 4.39 Å². The Balaban J connectivity index is 1.48. The highest BCUT2D eigenvalue weighted by Crippen LogP contribution is 2.36. The fourth-order valence-corrected chi connectivity index (χ4v) is 3.41. The molecule has 0 aliphatic carbocycles. The van der Waals surface area contributed by atoms with Crippen molar-refractivity contribution in [3.05, 3.63) is 71.7 Å². The van der Waals surface area contributed by atoms with Gasteiger partial charge in [-0.2, -0.15) is 10.1 Å². The predicted molar refractivity (Wildman–Crippen MR) is 100 cm³/mol. The third-order valence-corrected chi connectivity index (χ3v) is 4.64. The zero-order chi connectivity index (χ0) is 17.9. The molecule has 1 atom stereocenters. The van der Waals surface area contributed by atoms with Gasteiger partial charge in [0, 0.05) is 18.3 Å². The maximum absolute atomic E-state index is 13.7. The van der Waals surface area contributed by atoms with E-state index in [1.807, 2.05) is 12.1 Å². The molecule has 0 radical (unpaired) electrons. The van der Waals surface area contributed by atoms with Gasteiger partial charge in [0.25, 0.3) is 0 Å². The largest absolute Gasteiger partial charge is 0.353 e. The Labute approximate surface area is 151 Å². The van der Waals surface area contributed by atoms with Crippen LogP contribution < -0.4 is 10.2 Å². The first kappa shape index (κ1) is 16.4. The second-order valence-corrected chi connectivity index (χ2v) is 6.46. The highest BCUT2D eigenvalue weighted by atomic mass is 19.1. The first-order chi connectivity index (χ1) is 12.7. The number of aromatic nitrogens is 3. The Morgan fingerprint density at radius 1 is 1.15 bits per heavy atom. The first-order valence-electron chi connectivity index (χ1n) is 8.76. The Bertz CT molecular complexity index is 914. The number of hydrogen-bond donors (Lipinski definition) is 1. The summed E-state index contributed by atoms with van der Waals surface area (Å²) in [4.78, 5) is 6.79. The van der Waals surface area contributed by atoms with E-state index in [-0.39, 0.29) is 5.82 Å². The van der Waals surface area contributed by atoms with Gasteiger partial charge in [-0.15, -0.1) is 5.10 Å². The number of nitrogens with zero attached hydrogens (tertiary/aromatic N) is 4. The smallest absolute Gasteiger partial charge is 0.244 e. The number of fused-ring (bicyclic) bond motifs is 1. The van der Waals surface area contributed by atoms with Crippen LogP contribution in [0, 0.1) is 5.82 Å². The molecule has 1 aromatic heterocycles. The Hall–Kier alpha value is -3.02. The Kier molecular flexibility index (Phi) is 4.48. The third-order valence-electron chi connectivity index (χ3n) is 4.64. The van der Waals surface area contributed by atoms with Crippen LogP contribution in [0.5, 0.6) is 0 Å². The lowest BCUT2D eigenvalue weighted by molar-refractivity contribution is 0.610. The highest BCUT2D eigenvalue weighted by molar-refractivity contribution is 5.68. The van der Waals surface area contributed by atoms with Gasteiger partial charge in [0.15, 0.2) is 5.82 Å². The number of para-hydroxylation sites is 1. The van der Waals surface area contributed by atoms with Crippen molar-refractivity contribution in [3.8, 4) is 0 Å². The van der Waals surface area contributed by atoms with Crippen molar-refractivity contribution in [2.24, 2.45) is 0 Å². The average molecular weight is 349 g/mol. The maximum Gasteiger partial charge on any atom is 0.244 e. The molecule has 6 heteroatoms. The highest BCUT2D eigenvalue weighted by Gasteiger charge is 2.28. The molecule has 0 spiro atoms. The van der Waals surface area contributed by atoms with Crippen LogP contribution in [0.1, 0.15) is 18.1 Å². The molecule has 4 rings (SSSR count). The lowest BCUT2D eigenvalue weighted by Crippen LogP contribution is -2.25. The van der Waals surface area contributed by atoms with Crippen molar-refractivity contribution in [2.75, 3.05) is 16.8 Å². The predicted octanol–water partition coefficient (Wildman–Crippen LogP) is 3.75. The van der Waals surface area contributed by atoms with E-state index in [9.17, 15) is 4.39 Å². The van der Waals surface area contributed by atoms with Gasteiger partial charge in [-0.05, 0) is 43.0 Å². The summed E-state index contributed by atoms with van der Waals surface area (Å²) in [6, 6.07) is 15.4. The Morgan fingerprint density at radius 2 is 1.96 bits per heavy atom. The van der Waals surface area contributed by atoms with E-state index in [0.29, 0.717) is 30.5 Å². The molecular weight excluding hydrogens is 329 g/mol. The van der Waals surface area contributed by atoms with Gasteiger partial charge in [-0.3, -0.25) is 0 Å². The molecule has 0 bridgehead atoms. The van der Waals surface area contributed by atoms with E-state index in [0.717, 1.165) is 17.9 Å². The minimum Gasteiger partial charge on any atom is -0.353 e. The molecule has 0 saturated carbocycles. The van der Waals surface area contributed by atoms with Crippen molar-refractivity contribution in [1.29, 1.82) is 0 Å². The van der Waals surface area contributed by atoms with Crippen LogP contribution in [0.15, 0.2) is 54.7 Å². The molecule has 0 saturated heterocycles. The summed E-state index contributed by atoms with van der Waals surface area (Å²) < 4.78 is 13.7. The first-order valence-corrected chi connectivity index (χ1v) is 8.76. The summed E-state index contributed by atoms with van der Waals surface area (Å²) in [5.74, 6) is 1.03. The molecule has 0 amide bonds. The molecule has 1 unspecified atom stereocenters. The average Bonchev–Trinajstić information content (AvgIpc) is 2.99. The fourth-order valence-electron chi connectivity index (χ4n) is 3.41.